The minimum absolute atomic E-state index is 0.0707. The molecule has 2 aromatic rings. The summed E-state index contributed by atoms with van der Waals surface area (Å²) >= 11 is 0. The molecule has 0 aromatic heterocycles. The van der Waals surface area contributed by atoms with E-state index in [1.54, 1.807) is 18.2 Å². The molecule has 2 aromatic carbocycles. The van der Waals surface area contributed by atoms with Crippen LogP contribution in [0.1, 0.15) is 17.3 Å². The molecule has 1 aliphatic rings. The molecule has 0 bridgehead atoms. The molecule has 0 aliphatic carbocycles. The summed E-state index contributed by atoms with van der Waals surface area (Å²) < 4.78 is 28.5. The molecule has 2 amide bonds. The van der Waals surface area contributed by atoms with Crippen LogP contribution in [0.15, 0.2) is 42.5 Å². The van der Waals surface area contributed by atoms with E-state index in [1.807, 2.05) is 0 Å². The zero-order valence-electron chi connectivity index (χ0n) is 14.9. The molecule has 28 heavy (non-hydrogen) atoms. The van der Waals surface area contributed by atoms with Crippen molar-refractivity contribution in [2.45, 2.75) is 13.0 Å². The summed E-state index contributed by atoms with van der Waals surface area (Å²) in [6.07, 6.45) is -1.09. The number of nitrogens with one attached hydrogen (secondary N) is 2. The minimum atomic E-state index is -1.09. The Kier molecular flexibility index (Phi) is 5.73. The Balaban J connectivity index is 1.47. The number of esters is 1. The molecule has 3 rings (SSSR count). The van der Waals surface area contributed by atoms with E-state index in [4.69, 9.17) is 14.2 Å². The monoisotopic (exact) mass is 388 g/mol. The number of benzene rings is 2. The summed E-state index contributed by atoms with van der Waals surface area (Å²) in [5, 5.41) is 4.90. The van der Waals surface area contributed by atoms with Gasteiger partial charge in [-0.1, -0.05) is 6.07 Å². The van der Waals surface area contributed by atoms with Gasteiger partial charge in [-0.15, -0.1) is 0 Å². The van der Waals surface area contributed by atoms with Crippen LogP contribution in [0, 0.1) is 5.82 Å². The van der Waals surface area contributed by atoms with Gasteiger partial charge in [0.1, 0.15) is 12.4 Å². The van der Waals surface area contributed by atoms with Crippen molar-refractivity contribution in [1.29, 1.82) is 0 Å². The molecular weight excluding hydrogens is 371 g/mol. The number of hydrogen-bond donors (Lipinski definition) is 2. The average molecular weight is 388 g/mol. The van der Waals surface area contributed by atoms with Gasteiger partial charge in [0.2, 0.25) is 6.79 Å². The Bertz CT molecular complexity index is 917. The number of halogens is 1. The molecule has 0 radical (unpaired) electrons. The van der Waals surface area contributed by atoms with E-state index in [1.165, 1.54) is 25.1 Å². The van der Waals surface area contributed by atoms with E-state index < -0.39 is 36.2 Å². The van der Waals surface area contributed by atoms with Gasteiger partial charge in [-0.05, 0) is 37.3 Å². The molecule has 0 unspecified atom stereocenters. The first-order chi connectivity index (χ1) is 13.4. The number of rotatable bonds is 6. The standard InChI is InChI=1S/C19H17FN2O6/c1-11(18(24)22-14-5-6-15-16(8-14)27-10-26-15)28-17(23)9-21-19(25)12-3-2-4-13(20)7-12/h2-8,11H,9-10H2,1H3,(H,21,25)(H,22,24)/t11-/m1/s1. The lowest BCUT2D eigenvalue weighted by Crippen LogP contribution is -2.35. The van der Waals surface area contributed by atoms with Crippen molar-refractivity contribution in [2.24, 2.45) is 0 Å². The summed E-state index contributed by atoms with van der Waals surface area (Å²) in [7, 11) is 0. The van der Waals surface area contributed by atoms with E-state index >= 15 is 0 Å². The molecular formula is C19H17FN2O6. The quantitative estimate of drug-likeness (QED) is 0.733. The Morgan fingerprint density at radius 3 is 2.71 bits per heavy atom. The van der Waals surface area contributed by atoms with Crippen molar-refractivity contribution in [3.8, 4) is 11.5 Å². The predicted molar refractivity (Wildman–Crippen MR) is 95.5 cm³/mol. The van der Waals surface area contributed by atoms with E-state index in [-0.39, 0.29) is 12.4 Å². The highest BCUT2D eigenvalue weighted by Crippen LogP contribution is 2.34. The number of ether oxygens (including phenoxy) is 3. The molecule has 0 spiro atoms. The number of fused-ring (bicyclic) bond motifs is 1. The van der Waals surface area contributed by atoms with Gasteiger partial charge in [0.25, 0.3) is 11.8 Å². The van der Waals surface area contributed by atoms with Crippen LogP contribution in [0.4, 0.5) is 10.1 Å². The zero-order chi connectivity index (χ0) is 20.1. The maximum atomic E-state index is 13.1. The van der Waals surface area contributed by atoms with E-state index in [9.17, 15) is 18.8 Å². The molecule has 2 N–H and O–H groups in total. The van der Waals surface area contributed by atoms with Crippen molar-refractivity contribution in [3.05, 3.63) is 53.8 Å². The van der Waals surface area contributed by atoms with Gasteiger partial charge in [0.15, 0.2) is 17.6 Å². The maximum absolute atomic E-state index is 13.1. The molecule has 1 atom stereocenters. The fourth-order valence-corrected chi connectivity index (χ4v) is 2.39. The Labute approximate surface area is 159 Å². The number of hydrogen-bond acceptors (Lipinski definition) is 6. The van der Waals surface area contributed by atoms with Crippen molar-refractivity contribution in [2.75, 3.05) is 18.7 Å². The van der Waals surface area contributed by atoms with Crippen molar-refractivity contribution < 1.29 is 33.0 Å². The second-order valence-corrected chi connectivity index (χ2v) is 5.88. The first-order valence-corrected chi connectivity index (χ1v) is 8.36. The van der Waals surface area contributed by atoms with Crippen LogP contribution in [-0.2, 0) is 14.3 Å². The Hall–Kier alpha value is -3.62. The van der Waals surface area contributed by atoms with Crippen molar-refractivity contribution >= 4 is 23.5 Å². The van der Waals surface area contributed by atoms with E-state index in [2.05, 4.69) is 10.6 Å². The predicted octanol–water partition coefficient (Wildman–Crippen LogP) is 1.85. The largest absolute Gasteiger partial charge is 0.454 e. The number of carbonyl (C=O) groups is 3. The maximum Gasteiger partial charge on any atom is 0.326 e. The van der Waals surface area contributed by atoms with Gasteiger partial charge < -0.3 is 24.8 Å². The third-order valence-corrected chi connectivity index (χ3v) is 3.80. The zero-order valence-corrected chi connectivity index (χ0v) is 14.9. The number of carbonyl (C=O) groups excluding carboxylic acids is 3. The fourth-order valence-electron chi connectivity index (χ4n) is 2.39. The van der Waals surface area contributed by atoms with Crippen LogP contribution >= 0.6 is 0 Å². The highest BCUT2D eigenvalue weighted by atomic mass is 19.1. The first kappa shape index (κ1) is 19.2. The third kappa shape index (κ3) is 4.76. The first-order valence-electron chi connectivity index (χ1n) is 8.36. The molecule has 146 valence electrons. The summed E-state index contributed by atoms with van der Waals surface area (Å²) in [5.41, 5.74) is 0.526. The summed E-state index contributed by atoms with van der Waals surface area (Å²) in [6, 6.07) is 9.90. The van der Waals surface area contributed by atoms with E-state index in [0.29, 0.717) is 17.2 Å². The van der Waals surface area contributed by atoms with Gasteiger partial charge in [-0.2, -0.15) is 0 Å². The topological polar surface area (TPSA) is 103 Å². The lowest BCUT2D eigenvalue weighted by atomic mass is 10.2. The molecule has 1 heterocycles. The third-order valence-electron chi connectivity index (χ3n) is 3.80. The Morgan fingerprint density at radius 1 is 1.14 bits per heavy atom. The summed E-state index contributed by atoms with van der Waals surface area (Å²) in [4.78, 5) is 35.9. The van der Waals surface area contributed by atoms with Gasteiger partial charge in [0, 0.05) is 17.3 Å². The van der Waals surface area contributed by atoms with Crippen LogP contribution in [0.25, 0.3) is 0 Å². The normalized spacial score (nSPS) is 12.8. The molecule has 9 heteroatoms. The fraction of sp³-hybridized carbons (Fsp3) is 0.211. The van der Waals surface area contributed by atoms with Crippen LogP contribution in [0.5, 0.6) is 11.5 Å². The SMILES string of the molecule is C[C@@H](OC(=O)CNC(=O)c1cccc(F)c1)C(=O)Nc1ccc2c(c1)OCO2. The van der Waals surface area contributed by atoms with Crippen LogP contribution in [-0.4, -0.2) is 37.2 Å². The van der Waals surface area contributed by atoms with E-state index in [0.717, 1.165) is 6.07 Å². The molecule has 0 saturated carbocycles. The van der Waals surface area contributed by atoms with Crippen LogP contribution < -0.4 is 20.1 Å². The molecule has 0 saturated heterocycles. The molecule has 0 fully saturated rings. The van der Waals surface area contributed by atoms with Crippen LogP contribution in [0.3, 0.4) is 0 Å². The lowest BCUT2D eigenvalue weighted by Gasteiger charge is -2.14. The molecule has 1 aliphatic heterocycles. The average Bonchev–Trinajstić information content (AvgIpc) is 3.13. The Morgan fingerprint density at radius 2 is 1.93 bits per heavy atom. The highest BCUT2D eigenvalue weighted by Gasteiger charge is 2.20. The summed E-state index contributed by atoms with van der Waals surface area (Å²) in [5.74, 6) is -1.48. The second-order valence-electron chi connectivity index (χ2n) is 5.88. The van der Waals surface area contributed by atoms with Gasteiger partial charge in [-0.3, -0.25) is 14.4 Å². The van der Waals surface area contributed by atoms with Gasteiger partial charge >= 0.3 is 5.97 Å². The lowest BCUT2D eigenvalue weighted by molar-refractivity contribution is -0.152. The van der Waals surface area contributed by atoms with Gasteiger partial charge in [0.05, 0.1) is 0 Å². The number of amides is 2. The van der Waals surface area contributed by atoms with Crippen LogP contribution in [0.2, 0.25) is 0 Å². The van der Waals surface area contributed by atoms with Gasteiger partial charge in [-0.25, -0.2) is 4.39 Å². The highest BCUT2D eigenvalue weighted by molar-refractivity contribution is 5.97. The van der Waals surface area contributed by atoms with Crippen molar-refractivity contribution in [3.63, 3.8) is 0 Å². The summed E-state index contributed by atoms with van der Waals surface area (Å²) in [6.45, 7) is 1.05. The van der Waals surface area contributed by atoms with Crippen molar-refractivity contribution in [1.82, 2.24) is 5.32 Å². The molecule has 8 nitrogen and oxygen atoms in total. The number of anilines is 1. The second kappa shape index (κ2) is 8.38. The minimum Gasteiger partial charge on any atom is -0.454 e. The smallest absolute Gasteiger partial charge is 0.326 e.